The molecular formula is C9H18N2O2. The molecule has 4 heteroatoms. The summed E-state index contributed by atoms with van der Waals surface area (Å²) >= 11 is 0. The van der Waals surface area contributed by atoms with Gasteiger partial charge in [-0.2, -0.15) is 0 Å². The molecule has 76 valence electrons. The van der Waals surface area contributed by atoms with Gasteiger partial charge in [-0.25, -0.2) is 5.01 Å². The van der Waals surface area contributed by atoms with Crippen molar-refractivity contribution in [3.8, 4) is 0 Å². The fraction of sp³-hybridized carbons (Fsp3) is 0.889. The van der Waals surface area contributed by atoms with Crippen LogP contribution in [0.25, 0.3) is 0 Å². The predicted molar refractivity (Wildman–Crippen MR) is 50.0 cm³/mol. The van der Waals surface area contributed by atoms with Crippen molar-refractivity contribution in [3.05, 3.63) is 0 Å². The standard InChI is InChI=1S/C9H18N2O2/c1-2-3-4-9(12)8-7-13-6-5-11(8)10/h8H,2-7,10H2,1H3. The lowest BCUT2D eigenvalue weighted by Crippen LogP contribution is -2.53. The fourth-order valence-corrected chi connectivity index (χ4v) is 1.41. The largest absolute Gasteiger partial charge is 0.378 e. The molecule has 2 N–H and O–H groups in total. The first-order chi connectivity index (χ1) is 6.25. The van der Waals surface area contributed by atoms with Gasteiger partial charge < -0.3 is 4.74 Å². The highest BCUT2D eigenvalue weighted by molar-refractivity contribution is 5.84. The summed E-state index contributed by atoms with van der Waals surface area (Å²) < 4.78 is 5.21. The topological polar surface area (TPSA) is 55.6 Å². The summed E-state index contributed by atoms with van der Waals surface area (Å²) in [5.41, 5.74) is 0. The Morgan fingerprint density at radius 2 is 2.46 bits per heavy atom. The van der Waals surface area contributed by atoms with Crippen LogP contribution in [0.4, 0.5) is 0 Å². The molecule has 0 aromatic heterocycles. The average molecular weight is 186 g/mol. The van der Waals surface area contributed by atoms with E-state index in [1.807, 2.05) is 0 Å². The van der Waals surface area contributed by atoms with Gasteiger partial charge in [0.1, 0.15) is 6.04 Å². The van der Waals surface area contributed by atoms with Crippen LogP contribution < -0.4 is 5.84 Å². The molecule has 1 fully saturated rings. The first kappa shape index (κ1) is 10.6. The van der Waals surface area contributed by atoms with Gasteiger partial charge in [-0.1, -0.05) is 13.3 Å². The van der Waals surface area contributed by atoms with Crippen molar-refractivity contribution in [2.24, 2.45) is 5.84 Å². The maximum absolute atomic E-state index is 11.6. The number of rotatable bonds is 4. The van der Waals surface area contributed by atoms with E-state index < -0.39 is 0 Å². The molecule has 1 aliphatic heterocycles. The molecule has 13 heavy (non-hydrogen) atoms. The van der Waals surface area contributed by atoms with Crippen molar-refractivity contribution >= 4 is 5.78 Å². The van der Waals surface area contributed by atoms with Crippen molar-refractivity contribution in [2.45, 2.75) is 32.2 Å². The van der Waals surface area contributed by atoms with Crippen LogP contribution in [0.15, 0.2) is 0 Å². The Morgan fingerprint density at radius 3 is 3.08 bits per heavy atom. The molecule has 1 unspecified atom stereocenters. The molecule has 0 radical (unpaired) electrons. The summed E-state index contributed by atoms with van der Waals surface area (Å²) in [6.07, 6.45) is 2.62. The van der Waals surface area contributed by atoms with Crippen LogP contribution in [0.5, 0.6) is 0 Å². The van der Waals surface area contributed by atoms with Crippen LogP contribution in [0.1, 0.15) is 26.2 Å². The Balaban J connectivity index is 2.35. The Kier molecular flexibility index (Phi) is 4.35. The molecule has 0 aromatic rings. The number of unbranched alkanes of at least 4 members (excludes halogenated alkanes) is 1. The lowest BCUT2D eigenvalue weighted by molar-refractivity contribution is -0.130. The minimum atomic E-state index is -0.208. The number of nitrogens with zero attached hydrogens (tertiary/aromatic N) is 1. The number of ketones is 1. The van der Waals surface area contributed by atoms with E-state index in [-0.39, 0.29) is 11.8 Å². The van der Waals surface area contributed by atoms with E-state index in [0.29, 0.717) is 26.2 Å². The number of hydrogen-bond acceptors (Lipinski definition) is 4. The lowest BCUT2D eigenvalue weighted by Gasteiger charge is -2.30. The highest BCUT2D eigenvalue weighted by atomic mass is 16.5. The minimum absolute atomic E-state index is 0.208. The van der Waals surface area contributed by atoms with Crippen molar-refractivity contribution < 1.29 is 9.53 Å². The number of ether oxygens (including phenoxy) is 1. The van der Waals surface area contributed by atoms with Crippen LogP contribution in [0.2, 0.25) is 0 Å². The number of nitrogens with two attached hydrogens (primary N) is 1. The predicted octanol–water partition coefficient (Wildman–Crippen LogP) is 0.320. The van der Waals surface area contributed by atoms with Gasteiger partial charge in [0.15, 0.2) is 5.78 Å². The molecule has 4 nitrogen and oxygen atoms in total. The van der Waals surface area contributed by atoms with E-state index in [0.717, 1.165) is 12.8 Å². The molecule has 1 heterocycles. The summed E-state index contributed by atoms with van der Waals surface area (Å²) in [5.74, 6) is 5.90. The lowest BCUT2D eigenvalue weighted by atomic mass is 10.1. The number of hydrazine groups is 1. The average Bonchev–Trinajstić information content (AvgIpc) is 2.15. The van der Waals surface area contributed by atoms with Gasteiger partial charge in [-0.3, -0.25) is 10.6 Å². The van der Waals surface area contributed by atoms with E-state index >= 15 is 0 Å². The van der Waals surface area contributed by atoms with Gasteiger partial charge in [-0.15, -0.1) is 0 Å². The number of morpholine rings is 1. The highest BCUT2D eigenvalue weighted by Crippen LogP contribution is 2.07. The van der Waals surface area contributed by atoms with Crippen LogP contribution in [0.3, 0.4) is 0 Å². The zero-order valence-corrected chi connectivity index (χ0v) is 8.16. The van der Waals surface area contributed by atoms with Gasteiger partial charge in [0.25, 0.3) is 0 Å². The van der Waals surface area contributed by atoms with E-state index in [4.69, 9.17) is 10.6 Å². The van der Waals surface area contributed by atoms with E-state index in [9.17, 15) is 4.79 Å². The normalized spacial score (nSPS) is 24.6. The summed E-state index contributed by atoms with van der Waals surface area (Å²) in [6.45, 7) is 3.82. The van der Waals surface area contributed by atoms with Gasteiger partial charge in [-0.05, 0) is 6.42 Å². The van der Waals surface area contributed by atoms with Crippen molar-refractivity contribution in [1.82, 2.24) is 5.01 Å². The van der Waals surface area contributed by atoms with Crippen molar-refractivity contribution in [1.29, 1.82) is 0 Å². The van der Waals surface area contributed by atoms with Gasteiger partial charge in [0, 0.05) is 13.0 Å². The second kappa shape index (κ2) is 5.32. The van der Waals surface area contributed by atoms with Gasteiger partial charge in [0.05, 0.1) is 13.2 Å². The van der Waals surface area contributed by atoms with E-state index in [1.54, 1.807) is 5.01 Å². The molecule has 0 bridgehead atoms. The Labute approximate surface area is 79.0 Å². The number of carbonyl (C=O) groups excluding carboxylic acids is 1. The second-order valence-electron chi connectivity index (χ2n) is 3.40. The SMILES string of the molecule is CCCCC(=O)C1COCCN1N. The maximum atomic E-state index is 11.6. The Bertz CT molecular complexity index is 173. The summed E-state index contributed by atoms with van der Waals surface area (Å²) in [7, 11) is 0. The molecule has 0 aromatic carbocycles. The first-order valence-corrected chi connectivity index (χ1v) is 4.87. The molecule has 1 rings (SSSR count). The van der Waals surface area contributed by atoms with Gasteiger partial charge in [0.2, 0.25) is 0 Å². The third-order valence-electron chi connectivity index (χ3n) is 2.32. The monoisotopic (exact) mass is 186 g/mol. The quantitative estimate of drug-likeness (QED) is 0.642. The minimum Gasteiger partial charge on any atom is -0.378 e. The zero-order chi connectivity index (χ0) is 9.68. The number of carbonyl (C=O) groups is 1. The zero-order valence-electron chi connectivity index (χ0n) is 8.16. The smallest absolute Gasteiger partial charge is 0.153 e. The first-order valence-electron chi connectivity index (χ1n) is 4.87. The van der Waals surface area contributed by atoms with Crippen LogP contribution in [-0.2, 0) is 9.53 Å². The van der Waals surface area contributed by atoms with Crippen molar-refractivity contribution in [2.75, 3.05) is 19.8 Å². The molecule has 1 atom stereocenters. The Morgan fingerprint density at radius 1 is 1.69 bits per heavy atom. The van der Waals surface area contributed by atoms with E-state index in [2.05, 4.69) is 6.92 Å². The van der Waals surface area contributed by atoms with Crippen LogP contribution in [-0.4, -0.2) is 36.6 Å². The molecule has 1 aliphatic rings. The second-order valence-corrected chi connectivity index (χ2v) is 3.40. The molecule has 0 aliphatic carbocycles. The summed E-state index contributed by atoms with van der Waals surface area (Å²) in [6, 6.07) is -0.208. The maximum Gasteiger partial charge on any atom is 0.153 e. The molecule has 1 saturated heterocycles. The third kappa shape index (κ3) is 3.06. The van der Waals surface area contributed by atoms with Crippen LogP contribution in [0, 0.1) is 0 Å². The van der Waals surface area contributed by atoms with Crippen LogP contribution >= 0.6 is 0 Å². The summed E-state index contributed by atoms with van der Waals surface area (Å²) in [4.78, 5) is 11.6. The van der Waals surface area contributed by atoms with E-state index in [1.165, 1.54) is 0 Å². The number of hydrogen-bond donors (Lipinski definition) is 1. The fourth-order valence-electron chi connectivity index (χ4n) is 1.41. The molecule has 0 saturated carbocycles. The van der Waals surface area contributed by atoms with Crippen molar-refractivity contribution in [3.63, 3.8) is 0 Å². The van der Waals surface area contributed by atoms with Gasteiger partial charge >= 0.3 is 0 Å². The molecule has 0 spiro atoms. The third-order valence-corrected chi connectivity index (χ3v) is 2.32. The number of Topliss-reactive ketones (excluding diaryl/α,β-unsaturated/α-hetero) is 1. The Hall–Kier alpha value is -0.450. The molecular weight excluding hydrogens is 168 g/mol. The molecule has 0 amide bonds. The summed E-state index contributed by atoms with van der Waals surface area (Å²) in [5, 5.41) is 1.60. The highest BCUT2D eigenvalue weighted by Gasteiger charge is 2.26.